The third-order valence-corrected chi connectivity index (χ3v) is 6.75. The third kappa shape index (κ3) is 4.64. The normalized spacial score (nSPS) is 18.3. The second kappa shape index (κ2) is 9.50. The van der Waals surface area contributed by atoms with Crippen molar-refractivity contribution in [1.29, 1.82) is 5.26 Å². The van der Waals surface area contributed by atoms with Crippen molar-refractivity contribution in [1.82, 2.24) is 20.2 Å². The molecule has 2 aliphatic heterocycles. The van der Waals surface area contributed by atoms with Crippen molar-refractivity contribution in [3.8, 4) is 17.5 Å². The van der Waals surface area contributed by atoms with Crippen molar-refractivity contribution in [2.24, 2.45) is 5.41 Å². The minimum atomic E-state index is -0.840. The van der Waals surface area contributed by atoms with Crippen molar-refractivity contribution in [3.63, 3.8) is 0 Å². The molecule has 1 aliphatic carbocycles. The standard InChI is InChI=1S/C25H29N7O3/c1-2-27-24(34)28-18-5-3-17(4-6-18)21-29-20-15-32(23(33)25(16-26)8-9-25)10-7-19(20)22(30-21)31-11-13-35-14-12-31/h3-6H,2,7-15H2,1H3,(H2,27,28,34). The van der Waals surface area contributed by atoms with Crippen LogP contribution in [0.25, 0.3) is 11.4 Å². The Labute approximate surface area is 204 Å². The molecule has 182 valence electrons. The molecule has 10 nitrogen and oxygen atoms in total. The Morgan fingerprint density at radius 2 is 1.89 bits per heavy atom. The lowest BCUT2D eigenvalue weighted by Crippen LogP contribution is -2.42. The number of carbonyl (C=O) groups excluding carboxylic acids is 2. The summed E-state index contributed by atoms with van der Waals surface area (Å²) in [5.74, 6) is 1.39. The Balaban J connectivity index is 1.46. The topological polar surface area (TPSA) is 123 Å². The highest BCUT2D eigenvalue weighted by Gasteiger charge is 2.53. The smallest absolute Gasteiger partial charge is 0.319 e. The van der Waals surface area contributed by atoms with Crippen molar-refractivity contribution in [3.05, 3.63) is 35.5 Å². The van der Waals surface area contributed by atoms with Gasteiger partial charge in [0.05, 0.1) is 31.5 Å². The Hall–Kier alpha value is -3.71. The van der Waals surface area contributed by atoms with Gasteiger partial charge in [-0.2, -0.15) is 5.26 Å². The molecule has 2 N–H and O–H groups in total. The lowest BCUT2D eigenvalue weighted by Gasteiger charge is -2.34. The van der Waals surface area contributed by atoms with E-state index in [4.69, 9.17) is 14.7 Å². The largest absolute Gasteiger partial charge is 0.378 e. The number of benzene rings is 1. The molecule has 1 aromatic carbocycles. The van der Waals surface area contributed by atoms with Gasteiger partial charge in [-0.1, -0.05) is 0 Å². The van der Waals surface area contributed by atoms with Crippen LogP contribution in [0, 0.1) is 16.7 Å². The van der Waals surface area contributed by atoms with Gasteiger partial charge in [0.2, 0.25) is 5.91 Å². The van der Waals surface area contributed by atoms with Crippen molar-refractivity contribution >= 4 is 23.4 Å². The molecule has 0 bridgehead atoms. The highest BCUT2D eigenvalue weighted by Crippen LogP contribution is 2.47. The fourth-order valence-electron chi connectivity index (χ4n) is 4.59. The Morgan fingerprint density at radius 3 is 2.54 bits per heavy atom. The van der Waals surface area contributed by atoms with E-state index in [9.17, 15) is 14.9 Å². The number of ether oxygens (including phenoxy) is 1. The molecule has 2 aromatic rings. The van der Waals surface area contributed by atoms with E-state index in [1.54, 1.807) is 4.90 Å². The van der Waals surface area contributed by atoms with Gasteiger partial charge in [-0.15, -0.1) is 0 Å². The number of nitrogens with one attached hydrogen (secondary N) is 2. The van der Waals surface area contributed by atoms with Gasteiger partial charge in [-0.05, 0) is 50.5 Å². The maximum Gasteiger partial charge on any atom is 0.319 e. The van der Waals surface area contributed by atoms with Crippen LogP contribution in [-0.4, -0.2) is 66.2 Å². The van der Waals surface area contributed by atoms with Gasteiger partial charge in [0.15, 0.2) is 5.82 Å². The lowest BCUT2D eigenvalue weighted by atomic mass is 10.0. The number of hydrogen-bond acceptors (Lipinski definition) is 7. The van der Waals surface area contributed by atoms with Gasteiger partial charge in [0, 0.05) is 43.0 Å². The van der Waals surface area contributed by atoms with Crippen molar-refractivity contribution in [2.75, 3.05) is 49.6 Å². The summed E-state index contributed by atoms with van der Waals surface area (Å²) in [7, 11) is 0. The van der Waals surface area contributed by atoms with Gasteiger partial charge in [0.1, 0.15) is 11.2 Å². The molecule has 3 heterocycles. The van der Waals surface area contributed by atoms with E-state index in [1.807, 2.05) is 31.2 Å². The minimum Gasteiger partial charge on any atom is -0.378 e. The number of fused-ring (bicyclic) bond motifs is 1. The van der Waals surface area contributed by atoms with Gasteiger partial charge in [-0.3, -0.25) is 4.79 Å². The highest BCUT2D eigenvalue weighted by atomic mass is 16.5. The second-order valence-electron chi connectivity index (χ2n) is 9.13. The summed E-state index contributed by atoms with van der Waals surface area (Å²) in [6.07, 6.45) is 1.93. The molecule has 0 atom stereocenters. The van der Waals surface area contributed by atoms with Crippen LogP contribution in [0.1, 0.15) is 31.0 Å². The van der Waals surface area contributed by atoms with Crippen LogP contribution in [0.4, 0.5) is 16.3 Å². The van der Waals surface area contributed by atoms with Gasteiger partial charge in [0.25, 0.3) is 0 Å². The maximum absolute atomic E-state index is 13.0. The van der Waals surface area contributed by atoms with Crippen molar-refractivity contribution < 1.29 is 14.3 Å². The molecule has 1 aromatic heterocycles. The molecule has 1 saturated heterocycles. The van der Waals surface area contributed by atoms with E-state index in [-0.39, 0.29) is 11.9 Å². The number of morpholine rings is 1. The second-order valence-corrected chi connectivity index (χ2v) is 9.13. The number of anilines is 2. The molecular formula is C25H29N7O3. The molecule has 10 heteroatoms. The molecule has 1 saturated carbocycles. The Kier molecular flexibility index (Phi) is 6.26. The lowest BCUT2D eigenvalue weighted by molar-refractivity contribution is -0.136. The molecule has 0 unspecified atom stereocenters. The Bertz CT molecular complexity index is 1160. The van der Waals surface area contributed by atoms with E-state index in [1.165, 1.54) is 0 Å². The molecule has 35 heavy (non-hydrogen) atoms. The van der Waals surface area contributed by atoms with Crippen LogP contribution in [0.2, 0.25) is 0 Å². The van der Waals surface area contributed by atoms with Crippen LogP contribution in [0.3, 0.4) is 0 Å². The molecule has 5 rings (SSSR count). The van der Waals surface area contributed by atoms with E-state index in [0.717, 1.165) is 35.7 Å². The summed E-state index contributed by atoms with van der Waals surface area (Å²) in [5.41, 5.74) is 2.55. The van der Waals surface area contributed by atoms with Crippen LogP contribution < -0.4 is 15.5 Å². The van der Waals surface area contributed by atoms with Crippen molar-refractivity contribution in [2.45, 2.75) is 32.7 Å². The Morgan fingerprint density at radius 1 is 1.14 bits per heavy atom. The average molecular weight is 476 g/mol. The fourth-order valence-corrected chi connectivity index (χ4v) is 4.59. The first kappa shape index (κ1) is 23.1. The van der Waals surface area contributed by atoms with Gasteiger partial charge >= 0.3 is 6.03 Å². The van der Waals surface area contributed by atoms with Crippen LogP contribution in [-0.2, 0) is 22.5 Å². The zero-order chi connectivity index (χ0) is 24.4. The zero-order valence-electron chi connectivity index (χ0n) is 19.8. The first-order valence-corrected chi connectivity index (χ1v) is 12.1. The number of aromatic nitrogens is 2. The maximum atomic E-state index is 13.0. The zero-order valence-corrected chi connectivity index (χ0v) is 19.8. The third-order valence-electron chi connectivity index (χ3n) is 6.75. The quantitative estimate of drug-likeness (QED) is 0.680. The summed E-state index contributed by atoms with van der Waals surface area (Å²) >= 11 is 0. The van der Waals surface area contributed by atoms with E-state index in [2.05, 4.69) is 21.6 Å². The molecular weight excluding hydrogens is 446 g/mol. The first-order chi connectivity index (χ1) is 17.0. The number of rotatable bonds is 5. The number of urea groups is 1. The first-order valence-electron chi connectivity index (χ1n) is 12.1. The minimum absolute atomic E-state index is 0.0838. The van der Waals surface area contributed by atoms with Crippen LogP contribution in [0.15, 0.2) is 24.3 Å². The highest BCUT2D eigenvalue weighted by molar-refractivity contribution is 5.89. The van der Waals surface area contributed by atoms with E-state index in [0.29, 0.717) is 63.6 Å². The predicted molar refractivity (Wildman–Crippen MR) is 130 cm³/mol. The average Bonchev–Trinajstić information content (AvgIpc) is 3.70. The van der Waals surface area contributed by atoms with Gasteiger partial charge < -0.3 is 25.2 Å². The summed E-state index contributed by atoms with van der Waals surface area (Å²) in [4.78, 5) is 38.7. The molecule has 0 radical (unpaired) electrons. The summed E-state index contributed by atoms with van der Waals surface area (Å²) in [5, 5.41) is 15.0. The molecule has 2 fully saturated rings. The van der Waals surface area contributed by atoms with E-state index < -0.39 is 5.41 Å². The summed E-state index contributed by atoms with van der Waals surface area (Å²) in [6, 6.07) is 9.37. The summed E-state index contributed by atoms with van der Waals surface area (Å²) < 4.78 is 5.54. The molecule has 3 aliphatic rings. The molecule has 3 amide bonds. The molecule has 0 spiro atoms. The number of nitriles is 1. The fraction of sp³-hybridized carbons (Fsp3) is 0.480. The number of amides is 3. The van der Waals surface area contributed by atoms with Crippen LogP contribution >= 0.6 is 0 Å². The van der Waals surface area contributed by atoms with E-state index >= 15 is 0 Å². The number of hydrogen-bond donors (Lipinski definition) is 2. The SMILES string of the molecule is CCNC(=O)Nc1ccc(-c2nc3c(c(N4CCOCC4)n2)CCN(C(=O)C2(C#N)CC2)C3)cc1. The number of carbonyl (C=O) groups is 2. The van der Waals surface area contributed by atoms with Gasteiger partial charge in [-0.25, -0.2) is 14.8 Å². The predicted octanol–water partition coefficient (Wildman–Crippen LogP) is 2.31. The number of nitrogens with zero attached hydrogens (tertiary/aromatic N) is 5. The summed E-state index contributed by atoms with van der Waals surface area (Å²) in [6.45, 7) is 6.13. The monoisotopic (exact) mass is 475 g/mol. The van der Waals surface area contributed by atoms with Crippen LogP contribution in [0.5, 0.6) is 0 Å².